The Kier molecular flexibility index (Phi) is 8.95. The van der Waals surface area contributed by atoms with Crippen LogP contribution in [0.25, 0.3) is 5.57 Å². The summed E-state index contributed by atoms with van der Waals surface area (Å²) in [6.07, 6.45) is 17.2. The minimum atomic E-state index is -3.04. The molecule has 5 aliphatic carbocycles. The number of fused-ring (bicyclic) bond motifs is 7. The van der Waals surface area contributed by atoms with E-state index >= 15 is 0 Å². The maximum Gasteiger partial charge on any atom is 0.337 e. The van der Waals surface area contributed by atoms with E-state index < -0.39 is 9.84 Å². The van der Waals surface area contributed by atoms with Crippen molar-refractivity contribution in [3.8, 4) is 0 Å². The van der Waals surface area contributed by atoms with Gasteiger partial charge in [-0.1, -0.05) is 71.1 Å². The van der Waals surface area contributed by atoms with E-state index in [1.807, 2.05) is 18.2 Å². The zero-order valence-electron chi connectivity index (χ0n) is 32.2. The van der Waals surface area contributed by atoms with E-state index in [1.165, 1.54) is 55.9 Å². The summed E-state index contributed by atoms with van der Waals surface area (Å²) in [4.78, 5) is 27.3. The molecule has 0 unspecified atom stereocenters. The number of benzene rings is 1. The average molecular weight is 716 g/mol. The van der Waals surface area contributed by atoms with Gasteiger partial charge < -0.3 is 9.64 Å². The first kappa shape index (κ1) is 36.7. The number of amides is 1. The number of hydrogen-bond donors (Lipinski definition) is 0. The van der Waals surface area contributed by atoms with Crippen LogP contribution in [-0.4, -0.2) is 56.9 Å². The quantitative estimate of drug-likeness (QED) is 0.173. The summed E-state index contributed by atoms with van der Waals surface area (Å²) in [7, 11) is -1.61. The van der Waals surface area contributed by atoms with E-state index in [2.05, 4.69) is 72.4 Å². The molecule has 6 nitrogen and oxygen atoms in total. The Balaban J connectivity index is 1.18. The Bertz CT molecular complexity index is 1760. The van der Waals surface area contributed by atoms with E-state index in [0.29, 0.717) is 48.2 Å². The second kappa shape index (κ2) is 12.5. The van der Waals surface area contributed by atoms with Crippen LogP contribution in [0.15, 0.2) is 54.6 Å². The van der Waals surface area contributed by atoms with Gasteiger partial charge in [-0.25, -0.2) is 13.2 Å². The first-order valence-electron chi connectivity index (χ1n) is 19.7. The molecule has 6 aliphatic rings. The number of rotatable bonds is 5. The third-order valence-electron chi connectivity index (χ3n) is 16.5. The van der Waals surface area contributed by atoms with Crippen LogP contribution in [0.1, 0.15) is 115 Å². The van der Waals surface area contributed by atoms with Crippen LogP contribution in [0, 0.1) is 56.7 Å². The second-order valence-corrected chi connectivity index (χ2v) is 21.1. The number of ether oxygens (including phenoxy) is 1. The molecule has 1 aliphatic heterocycles. The van der Waals surface area contributed by atoms with Crippen molar-refractivity contribution in [2.75, 3.05) is 31.7 Å². The molecule has 9 atom stereocenters. The number of hydrogen-bond acceptors (Lipinski definition) is 5. The molecule has 0 bridgehead atoms. The van der Waals surface area contributed by atoms with Crippen molar-refractivity contribution >= 4 is 27.3 Å². The van der Waals surface area contributed by atoms with Crippen molar-refractivity contribution < 1.29 is 22.7 Å². The molecule has 0 spiro atoms. The zero-order valence-corrected chi connectivity index (χ0v) is 33.0. The SMILES string of the molecule is C=C(C)[C@@H]1CC[C@]2(/C=C/C(=O)N3CCS(=O)(=O)CC3)CC[C@]3(C)[C@H](CC[C@@H]4[C@@]5(C)CC=C(c6ccc(C(=O)OC)cc6)C(C)(C)[C@@H]5CC[C@]43C)[C@@H]12. The summed E-state index contributed by atoms with van der Waals surface area (Å²) in [5, 5.41) is 0. The maximum absolute atomic E-state index is 13.4. The monoisotopic (exact) mass is 715 g/mol. The Labute approximate surface area is 307 Å². The lowest BCUT2D eigenvalue weighted by Crippen LogP contribution is -2.65. The topological polar surface area (TPSA) is 80.8 Å². The van der Waals surface area contributed by atoms with Gasteiger partial charge in [-0.3, -0.25) is 4.79 Å². The highest BCUT2D eigenvalue weighted by atomic mass is 32.2. The van der Waals surface area contributed by atoms with Gasteiger partial charge in [0.15, 0.2) is 9.84 Å². The van der Waals surface area contributed by atoms with E-state index in [-0.39, 0.29) is 50.5 Å². The number of methoxy groups -OCH3 is 1. The molecule has 7 heteroatoms. The number of esters is 1. The molecule has 1 saturated heterocycles. The predicted molar refractivity (Wildman–Crippen MR) is 204 cm³/mol. The summed E-state index contributed by atoms with van der Waals surface area (Å²) in [5.41, 5.74) is 5.13. The first-order chi connectivity index (χ1) is 23.9. The molecule has 5 fully saturated rings. The molecule has 0 radical (unpaired) electrons. The van der Waals surface area contributed by atoms with Crippen molar-refractivity contribution in [3.63, 3.8) is 0 Å². The predicted octanol–water partition coefficient (Wildman–Crippen LogP) is 8.94. The zero-order chi connectivity index (χ0) is 36.8. The fraction of sp³-hybridized carbons (Fsp3) is 0.682. The Morgan fingerprint density at radius 2 is 1.57 bits per heavy atom. The third kappa shape index (κ3) is 5.55. The largest absolute Gasteiger partial charge is 0.465 e. The van der Waals surface area contributed by atoms with Crippen LogP contribution in [0.3, 0.4) is 0 Å². The second-order valence-electron chi connectivity index (χ2n) is 18.8. The molecule has 1 aromatic rings. The van der Waals surface area contributed by atoms with Crippen LogP contribution in [0.4, 0.5) is 0 Å². The molecule has 0 aromatic heterocycles. The van der Waals surface area contributed by atoms with E-state index in [9.17, 15) is 18.0 Å². The van der Waals surface area contributed by atoms with Gasteiger partial charge in [0.2, 0.25) is 5.91 Å². The molecule has 0 N–H and O–H groups in total. The lowest BCUT2D eigenvalue weighted by Gasteiger charge is -2.72. The number of carbonyl (C=O) groups is 2. The van der Waals surface area contributed by atoms with Gasteiger partial charge in [-0.15, -0.1) is 0 Å². The molecule has 1 amide bonds. The Hall–Kier alpha value is -2.67. The summed E-state index contributed by atoms with van der Waals surface area (Å²) >= 11 is 0. The van der Waals surface area contributed by atoms with Gasteiger partial charge in [0, 0.05) is 13.1 Å². The van der Waals surface area contributed by atoms with E-state index in [4.69, 9.17) is 4.74 Å². The molecule has 51 heavy (non-hydrogen) atoms. The highest BCUT2D eigenvalue weighted by Gasteiger charge is 2.70. The third-order valence-corrected chi connectivity index (χ3v) is 18.1. The highest BCUT2D eigenvalue weighted by molar-refractivity contribution is 7.91. The number of sulfone groups is 1. The molecule has 1 aromatic carbocycles. The molecular formula is C44H61NO5S. The standard InChI is InChI=1S/C44H61NO5S/c1-29(2)32-15-21-44(22-18-37(46)45-25-27-51(48,49)28-26-45)24-23-42(6)34(38(32)44)13-14-36-41(5)19-16-33(30-9-11-31(12-10-30)39(47)50-8)40(3,4)35(41)17-20-43(36,42)7/h9-12,16,18,22,32,34-36,38H,1,13-15,17,19-21,23-28H2,2-8H3/b22-18+/t32-,34+,35-,36+,38+,41-,42+,43+,44-/m0/s1. The fourth-order valence-electron chi connectivity index (χ4n) is 13.8. The van der Waals surface area contributed by atoms with Gasteiger partial charge in [0.05, 0.1) is 24.2 Å². The molecule has 1 heterocycles. The molecule has 278 valence electrons. The highest BCUT2D eigenvalue weighted by Crippen LogP contribution is 2.78. The normalized spacial score (nSPS) is 41.0. The summed E-state index contributed by atoms with van der Waals surface area (Å²) < 4.78 is 29.0. The van der Waals surface area contributed by atoms with Crippen molar-refractivity contribution in [2.45, 2.75) is 99.3 Å². The summed E-state index contributed by atoms with van der Waals surface area (Å²) in [6.45, 7) is 20.3. The van der Waals surface area contributed by atoms with Gasteiger partial charge in [0.1, 0.15) is 0 Å². The first-order valence-corrected chi connectivity index (χ1v) is 21.5. The number of carbonyl (C=O) groups excluding carboxylic acids is 2. The summed E-state index contributed by atoms with van der Waals surface area (Å²) in [6, 6.07) is 8.02. The number of allylic oxidation sites excluding steroid dienone is 4. The van der Waals surface area contributed by atoms with Crippen molar-refractivity contribution in [2.24, 2.45) is 56.7 Å². The Morgan fingerprint density at radius 3 is 2.22 bits per heavy atom. The van der Waals surface area contributed by atoms with Crippen LogP contribution >= 0.6 is 0 Å². The van der Waals surface area contributed by atoms with Gasteiger partial charge in [-0.2, -0.15) is 0 Å². The van der Waals surface area contributed by atoms with Crippen LogP contribution in [0.2, 0.25) is 0 Å². The average Bonchev–Trinajstić information content (AvgIpc) is 3.47. The minimum absolute atomic E-state index is 0.00690. The van der Waals surface area contributed by atoms with Crippen molar-refractivity contribution in [1.29, 1.82) is 0 Å². The smallest absolute Gasteiger partial charge is 0.337 e. The van der Waals surface area contributed by atoms with E-state index in [1.54, 1.807) is 4.90 Å². The lowest BCUT2D eigenvalue weighted by atomic mass is 9.32. The van der Waals surface area contributed by atoms with E-state index in [0.717, 1.165) is 25.7 Å². The number of nitrogens with zero attached hydrogens (tertiary/aromatic N) is 1. The molecule has 4 saturated carbocycles. The molecular weight excluding hydrogens is 655 g/mol. The lowest BCUT2D eigenvalue weighted by molar-refractivity contribution is -0.221. The van der Waals surface area contributed by atoms with Gasteiger partial charge in [0.25, 0.3) is 0 Å². The van der Waals surface area contributed by atoms with Gasteiger partial charge in [-0.05, 0) is 151 Å². The van der Waals surface area contributed by atoms with Crippen molar-refractivity contribution in [1.82, 2.24) is 4.90 Å². The molecule has 7 rings (SSSR count). The van der Waals surface area contributed by atoms with Crippen LogP contribution < -0.4 is 0 Å². The maximum atomic E-state index is 13.4. The fourth-order valence-corrected chi connectivity index (χ4v) is 15.0. The van der Waals surface area contributed by atoms with Gasteiger partial charge >= 0.3 is 5.97 Å². The van der Waals surface area contributed by atoms with Crippen molar-refractivity contribution in [3.05, 3.63) is 65.8 Å². The van der Waals surface area contributed by atoms with Crippen LogP contribution in [0.5, 0.6) is 0 Å². The minimum Gasteiger partial charge on any atom is -0.465 e. The summed E-state index contributed by atoms with van der Waals surface area (Å²) in [5.74, 6) is 2.53. The van der Waals surface area contributed by atoms with Crippen LogP contribution in [-0.2, 0) is 19.4 Å². The Morgan fingerprint density at radius 1 is 0.882 bits per heavy atom.